The van der Waals surface area contributed by atoms with Crippen molar-refractivity contribution in [3.05, 3.63) is 29.3 Å². The number of nitrogens with one attached hydrogen (secondary N) is 1. The number of benzene rings is 1. The van der Waals surface area contributed by atoms with E-state index < -0.39 is 5.54 Å². The lowest BCUT2D eigenvalue weighted by Gasteiger charge is -2.30. The van der Waals surface area contributed by atoms with Crippen LogP contribution in [0.4, 0.5) is 5.69 Å². The van der Waals surface area contributed by atoms with Gasteiger partial charge >= 0.3 is 0 Å². The summed E-state index contributed by atoms with van der Waals surface area (Å²) in [4.78, 5) is 14.5. The first-order valence-corrected chi connectivity index (χ1v) is 6.56. The Bertz CT molecular complexity index is 466. The van der Waals surface area contributed by atoms with E-state index in [9.17, 15) is 4.79 Å². The minimum absolute atomic E-state index is 0.159. The zero-order chi connectivity index (χ0) is 13.3. The van der Waals surface area contributed by atoms with Gasteiger partial charge in [-0.25, -0.2) is 0 Å². The molecule has 3 heteroatoms. The molecular weight excluding hydrogens is 224 g/mol. The van der Waals surface area contributed by atoms with Crippen LogP contribution in [-0.2, 0) is 4.79 Å². The largest absolute Gasteiger partial charge is 0.311 e. The predicted octanol–water partition coefficient (Wildman–Crippen LogP) is 2.41. The quantitative estimate of drug-likeness (QED) is 0.825. The van der Waals surface area contributed by atoms with E-state index >= 15 is 0 Å². The third-order valence-electron chi connectivity index (χ3n) is 3.55. The molecule has 1 N–H and O–H groups in total. The molecule has 1 aliphatic rings. The highest BCUT2D eigenvalue weighted by atomic mass is 16.2. The van der Waals surface area contributed by atoms with Gasteiger partial charge in [0.15, 0.2) is 0 Å². The van der Waals surface area contributed by atoms with Crippen LogP contribution in [0.5, 0.6) is 0 Å². The van der Waals surface area contributed by atoms with Crippen molar-refractivity contribution < 1.29 is 4.79 Å². The number of nitrogens with zero attached hydrogens (tertiary/aromatic N) is 1. The number of aryl methyl sites for hydroxylation is 2. The maximum atomic E-state index is 12.6. The molecule has 2 rings (SSSR count). The summed E-state index contributed by atoms with van der Waals surface area (Å²) in [5.41, 5.74) is 2.97. The van der Waals surface area contributed by atoms with Crippen LogP contribution in [-0.4, -0.2) is 24.5 Å². The smallest absolute Gasteiger partial charge is 0.246 e. The first kappa shape index (κ1) is 13.1. The van der Waals surface area contributed by atoms with Crippen LogP contribution in [0.15, 0.2) is 18.2 Å². The summed E-state index contributed by atoms with van der Waals surface area (Å²) >= 11 is 0. The fourth-order valence-electron chi connectivity index (χ4n) is 2.49. The number of carbonyl (C=O) groups excluding carboxylic acids is 1. The van der Waals surface area contributed by atoms with Gasteiger partial charge in [-0.15, -0.1) is 0 Å². The summed E-state index contributed by atoms with van der Waals surface area (Å²) in [5.74, 6) is 0.159. The molecule has 1 amide bonds. The Hall–Kier alpha value is -1.35. The highest BCUT2D eigenvalue weighted by molar-refractivity contribution is 6.00. The lowest BCUT2D eigenvalue weighted by atomic mass is 10.0. The Kier molecular flexibility index (Phi) is 3.44. The van der Waals surface area contributed by atoms with Gasteiger partial charge in [0.25, 0.3) is 0 Å². The van der Waals surface area contributed by atoms with Crippen LogP contribution >= 0.6 is 0 Å². The fourth-order valence-corrected chi connectivity index (χ4v) is 2.49. The standard InChI is InChI=1S/C15H22N2O/c1-11-6-7-13(12(2)10-11)17-9-5-8-16-15(3,4)14(17)18/h6-7,10,16H,5,8-9H2,1-4H3. The van der Waals surface area contributed by atoms with Crippen molar-refractivity contribution in [1.82, 2.24) is 5.32 Å². The molecule has 1 heterocycles. The Morgan fingerprint density at radius 2 is 2.00 bits per heavy atom. The zero-order valence-corrected chi connectivity index (χ0v) is 11.7. The summed E-state index contributed by atoms with van der Waals surface area (Å²) in [6.45, 7) is 9.74. The van der Waals surface area contributed by atoms with E-state index in [0.717, 1.165) is 25.2 Å². The SMILES string of the molecule is Cc1ccc(N2CCCNC(C)(C)C2=O)c(C)c1. The average molecular weight is 246 g/mol. The minimum atomic E-state index is -0.478. The van der Waals surface area contributed by atoms with Crippen molar-refractivity contribution >= 4 is 11.6 Å². The van der Waals surface area contributed by atoms with Crippen molar-refractivity contribution in [2.75, 3.05) is 18.0 Å². The molecule has 1 fully saturated rings. The summed E-state index contributed by atoms with van der Waals surface area (Å²) in [6, 6.07) is 6.26. The van der Waals surface area contributed by atoms with Gasteiger partial charge in [-0.3, -0.25) is 4.79 Å². The molecule has 0 aromatic heterocycles. The van der Waals surface area contributed by atoms with Gasteiger partial charge in [-0.1, -0.05) is 17.7 Å². The van der Waals surface area contributed by atoms with Gasteiger partial charge < -0.3 is 10.2 Å². The number of amides is 1. The van der Waals surface area contributed by atoms with E-state index in [4.69, 9.17) is 0 Å². The molecule has 1 aromatic carbocycles. The van der Waals surface area contributed by atoms with Crippen LogP contribution in [0.25, 0.3) is 0 Å². The second kappa shape index (κ2) is 4.73. The van der Waals surface area contributed by atoms with Crippen LogP contribution in [0.1, 0.15) is 31.4 Å². The van der Waals surface area contributed by atoms with E-state index in [0.29, 0.717) is 0 Å². The van der Waals surface area contributed by atoms with Gasteiger partial charge in [0.2, 0.25) is 5.91 Å². The average Bonchev–Trinajstić information content (AvgIpc) is 2.41. The summed E-state index contributed by atoms with van der Waals surface area (Å²) in [6.07, 6.45) is 0.989. The second-order valence-corrected chi connectivity index (χ2v) is 5.65. The van der Waals surface area contributed by atoms with Gasteiger partial charge in [-0.2, -0.15) is 0 Å². The highest BCUT2D eigenvalue weighted by Gasteiger charge is 2.34. The Morgan fingerprint density at radius 1 is 1.28 bits per heavy atom. The normalized spacial score (nSPS) is 19.8. The van der Waals surface area contributed by atoms with E-state index in [2.05, 4.69) is 37.4 Å². The molecule has 0 unspecified atom stereocenters. The van der Waals surface area contributed by atoms with Crippen molar-refractivity contribution in [3.63, 3.8) is 0 Å². The molecule has 18 heavy (non-hydrogen) atoms. The lowest BCUT2D eigenvalue weighted by Crippen LogP contribution is -2.52. The molecule has 0 aliphatic carbocycles. The summed E-state index contributed by atoms with van der Waals surface area (Å²) < 4.78 is 0. The number of hydrogen-bond donors (Lipinski definition) is 1. The molecular formula is C15H22N2O. The van der Waals surface area contributed by atoms with Gasteiger partial charge in [0.05, 0.1) is 5.54 Å². The molecule has 98 valence electrons. The minimum Gasteiger partial charge on any atom is -0.311 e. The molecule has 0 radical (unpaired) electrons. The first-order chi connectivity index (χ1) is 8.42. The third-order valence-corrected chi connectivity index (χ3v) is 3.55. The van der Waals surface area contributed by atoms with Crippen LogP contribution < -0.4 is 10.2 Å². The first-order valence-electron chi connectivity index (χ1n) is 6.56. The zero-order valence-electron chi connectivity index (χ0n) is 11.7. The van der Waals surface area contributed by atoms with E-state index in [-0.39, 0.29) is 5.91 Å². The number of hydrogen-bond acceptors (Lipinski definition) is 2. The van der Waals surface area contributed by atoms with Crippen molar-refractivity contribution in [2.45, 2.75) is 39.7 Å². The maximum absolute atomic E-state index is 12.6. The number of anilines is 1. The number of rotatable bonds is 1. The molecule has 0 atom stereocenters. The van der Waals surface area contributed by atoms with Crippen LogP contribution in [0.3, 0.4) is 0 Å². The Labute approximate surface area is 109 Å². The lowest BCUT2D eigenvalue weighted by molar-refractivity contribution is -0.123. The molecule has 0 spiro atoms. The number of carbonyl (C=O) groups is 1. The van der Waals surface area contributed by atoms with Crippen molar-refractivity contribution in [3.8, 4) is 0 Å². The van der Waals surface area contributed by atoms with Crippen LogP contribution in [0, 0.1) is 13.8 Å². The molecule has 1 saturated heterocycles. The molecule has 0 bridgehead atoms. The van der Waals surface area contributed by atoms with Gasteiger partial charge in [0, 0.05) is 12.2 Å². The maximum Gasteiger partial charge on any atom is 0.246 e. The van der Waals surface area contributed by atoms with Crippen LogP contribution in [0.2, 0.25) is 0 Å². The van der Waals surface area contributed by atoms with E-state index in [1.807, 2.05) is 18.7 Å². The Balaban J connectivity index is 2.39. The third kappa shape index (κ3) is 2.41. The fraction of sp³-hybridized carbons (Fsp3) is 0.533. The van der Waals surface area contributed by atoms with E-state index in [1.165, 1.54) is 11.1 Å². The van der Waals surface area contributed by atoms with Crippen molar-refractivity contribution in [2.24, 2.45) is 0 Å². The molecule has 0 saturated carbocycles. The highest BCUT2D eigenvalue weighted by Crippen LogP contribution is 2.25. The topological polar surface area (TPSA) is 32.3 Å². The summed E-state index contributed by atoms with van der Waals surface area (Å²) in [7, 11) is 0. The molecule has 1 aromatic rings. The monoisotopic (exact) mass is 246 g/mol. The van der Waals surface area contributed by atoms with Gasteiger partial charge in [0.1, 0.15) is 0 Å². The molecule has 1 aliphatic heterocycles. The predicted molar refractivity (Wildman–Crippen MR) is 75.0 cm³/mol. The summed E-state index contributed by atoms with van der Waals surface area (Å²) in [5, 5.41) is 3.31. The Morgan fingerprint density at radius 3 is 2.67 bits per heavy atom. The molecule has 3 nitrogen and oxygen atoms in total. The van der Waals surface area contributed by atoms with Gasteiger partial charge in [-0.05, 0) is 52.3 Å². The van der Waals surface area contributed by atoms with E-state index in [1.54, 1.807) is 0 Å². The second-order valence-electron chi connectivity index (χ2n) is 5.65. The van der Waals surface area contributed by atoms with Crippen molar-refractivity contribution in [1.29, 1.82) is 0 Å².